The minimum Gasteiger partial charge on any atom is -0.309 e. The van der Waals surface area contributed by atoms with Crippen LogP contribution in [0.4, 0.5) is 17.1 Å². The zero-order chi connectivity index (χ0) is 56.8. The molecule has 0 spiro atoms. The average molecular weight is 1110 g/mol. The Morgan fingerprint density at radius 3 is 1.55 bits per heavy atom. The number of anilines is 3. The van der Waals surface area contributed by atoms with Gasteiger partial charge in [-0.15, -0.1) is 11.3 Å². The van der Waals surface area contributed by atoms with E-state index in [4.69, 9.17) is 15.0 Å². The van der Waals surface area contributed by atoms with Crippen LogP contribution in [0.5, 0.6) is 0 Å². The first kappa shape index (κ1) is 48.7. The van der Waals surface area contributed by atoms with Crippen LogP contribution in [-0.2, 0) is 5.41 Å². The van der Waals surface area contributed by atoms with Crippen molar-refractivity contribution in [1.29, 1.82) is 0 Å². The summed E-state index contributed by atoms with van der Waals surface area (Å²) in [6.07, 6.45) is 0. The molecule has 1 aliphatic rings. The monoisotopic (exact) mass is 1110 g/mol. The molecule has 0 atom stereocenters. The molecule has 1 aliphatic carbocycles. The first-order valence-corrected chi connectivity index (χ1v) is 30.3. The van der Waals surface area contributed by atoms with Crippen molar-refractivity contribution < 1.29 is 0 Å². The van der Waals surface area contributed by atoms with Gasteiger partial charge in [-0.3, -0.25) is 4.57 Å². The molecule has 0 bridgehead atoms. The maximum Gasteiger partial charge on any atom is 0.238 e. The minimum atomic E-state index is -0.210. The Labute approximate surface area is 500 Å². The predicted molar refractivity (Wildman–Crippen MR) is 363 cm³/mol. The summed E-state index contributed by atoms with van der Waals surface area (Å²) < 4.78 is 4.77. The molecule has 3 aromatic heterocycles. The fourth-order valence-corrected chi connectivity index (χ4v) is 15.4. The van der Waals surface area contributed by atoms with E-state index in [0.29, 0.717) is 17.6 Å². The molecule has 0 fully saturated rings. The summed E-state index contributed by atoms with van der Waals surface area (Å²) in [6, 6.07) is 100. The summed E-state index contributed by atoms with van der Waals surface area (Å²) in [5.74, 6) is 1.75. The van der Waals surface area contributed by atoms with Gasteiger partial charge in [0.2, 0.25) is 5.95 Å². The van der Waals surface area contributed by atoms with E-state index < -0.39 is 0 Å². The first-order valence-electron chi connectivity index (χ1n) is 29.5. The average Bonchev–Trinajstić information content (AvgIpc) is 1.73. The lowest BCUT2D eigenvalue weighted by Crippen LogP contribution is -2.17. The van der Waals surface area contributed by atoms with Gasteiger partial charge in [-0.25, -0.2) is 4.98 Å². The molecule has 6 heteroatoms. The van der Waals surface area contributed by atoms with Gasteiger partial charge in [-0.1, -0.05) is 220 Å². The van der Waals surface area contributed by atoms with Gasteiger partial charge < -0.3 is 4.90 Å². The molecule has 5 nitrogen and oxygen atoms in total. The summed E-state index contributed by atoms with van der Waals surface area (Å²) in [6.45, 7) is 4.75. The van der Waals surface area contributed by atoms with E-state index in [1.807, 2.05) is 17.4 Å². The molecular weight excluding hydrogens is 1060 g/mol. The van der Waals surface area contributed by atoms with Crippen molar-refractivity contribution in [2.75, 3.05) is 4.90 Å². The molecular formula is C80H51N5S. The van der Waals surface area contributed by atoms with E-state index in [-0.39, 0.29) is 5.41 Å². The molecule has 0 aliphatic heterocycles. The Balaban J connectivity index is 0.939. The highest BCUT2D eigenvalue weighted by Gasteiger charge is 2.36. The molecule has 0 saturated carbocycles. The molecule has 18 rings (SSSR count). The highest BCUT2D eigenvalue weighted by Crippen LogP contribution is 2.53. The van der Waals surface area contributed by atoms with Crippen molar-refractivity contribution in [2.24, 2.45) is 0 Å². The quantitative estimate of drug-likeness (QED) is 0.118. The second kappa shape index (κ2) is 18.6. The SMILES string of the molecule is CC1(C)c2ccccc2-c2ccc(N(c3ccc4c(c3)c3cc5sc6cc7c8ccccc8c8ccccc8c7cc6c5cc3n4-c3nc(-c4ccccc4)nc(-c4cccc(-c5ccccc5)c4)n3)c3c4ccccc4cc4ccccc34)cc21. The Bertz CT molecular complexity index is 5650. The fraction of sp³-hybridized carbons (Fsp3) is 0.0375. The fourth-order valence-electron chi connectivity index (χ4n) is 14.3. The van der Waals surface area contributed by atoms with Crippen molar-refractivity contribution in [3.63, 3.8) is 0 Å². The molecule has 0 N–H and O–H groups in total. The highest BCUT2D eigenvalue weighted by molar-refractivity contribution is 7.26. The lowest BCUT2D eigenvalue weighted by atomic mass is 9.82. The third-order valence-electron chi connectivity index (χ3n) is 18.3. The van der Waals surface area contributed by atoms with Crippen molar-refractivity contribution in [2.45, 2.75) is 19.3 Å². The molecule has 0 amide bonds. The van der Waals surface area contributed by atoms with Gasteiger partial charge in [-0.05, 0) is 143 Å². The molecule has 17 aromatic rings. The third-order valence-corrected chi connectivity index (χ3v) is 19.5. The Morgan fingerprint density at radius 1 is 0.326 bits per heavy atom. The summed E-state index contributed by atoms with van der Waals surface area (Å²) in [7, 11) is 0. The lowest BCUT2D eigenvalue weighted by Gasteiger charge is -2.30. The summed E-state index contributed by atoms with van der Waals surface area (Å²) in [4.78, 5) is 18.9. The van der Waals surface area contributed by atoms with E-state index in [2.05, 4.69) is 290 Å². The van der Waals surface area contributed by atoms with Gasteiger partial charge in [0.15, 0.2) is 11.6 Å². The van der Waals surface area contributed by atoms with E-state index in [1.54, 1.807) is 0 Å². The highest BCUT2D eigenvalue weighted by atomic mass is 32.1. The minimum absolute atomic E-state index is 0.210. The standard InChI is InChI=1S/C80H51N5S/c1-80(2)70-35-18-17-34-62(70)63-38-36-55(43-71(63)80)84(76-56-28-11-9-24-51(56)41-52-25-10-12-29-57(52)76)54-37-39-72-66(42-54)67-47-75-69(68-44-64-60-32-15-13-30-58(60)59-31-14-16-33-61(59)65(64)46-74(68)86-75)45-73(67)85(72)79-82-77(49-22-7-4-8-23-49)81-78(83-79)53-27-19-26-50(40-53)48-20-5-3-6-21-48/h3-47H,1-2H3. The maximum atomic E-state index is 5.56. The molecule has 86 heavy (non-hydrogen) atoms. The second-order valence-corrected chi connectivity index (χ2v) is 24.6. The Morgan fingerprint density at radius 2 is 0.837 bits per heavy atom. The Hall–Kier alpha value is -10.8. The van der Waals surface area contributed by atoms with Gasteiger partial charge in [0, 0.05) is 69.6 Å². The molecule has 0 radical (unpaired) electrons. The maximum absolute atomic E-state index is 5.56. The molecule has 402 valence electrons. The van der Waals surface area contributed by atoms with Crippen LogP contribution in [0.2, 0.25) is 0 Å². The van der Waals surface area contributed by atoms with E-state index in [0.717, 1.165) is 61.1 Å². The van der Waals surface area contributed by atoms with Crippen LogP contribution in [0.1, 0.15) is 25.0 Å². The van der Waals surface area contributed by atoms with Gasteiger partial charge >= 0.3 is 0 Å². The number of hydrogen-bond acceptors (Lipinski definition) is 5. The van der Waals surface area contributed by atoms with Crippen molar-refractivity contribution in [1.82, 2.24) is 19.5 Å². The third kappa shape index (κ3) is 7.33. The van der Waals surface area contributed by atoms with Gasteiger partial charge in [0.25, 0.3) is 0 Å². The van der Waals surface area contributed by atoms with Crippen LogP contribution in [-0.4, -0.2) is 19.5 Å². The van der Waals surface area contributed by atoms with Crippen LogP contribution < -0.4 is 4.90 Å². The van der Waals surface area contributed by atoms with Gasteiger partial charge in [-0.2, -0.15) is 9.97 Å². The molecule has 3 heterocycles. The molecule has 0 unspecified atom stereocenters. The van der Waals surface area contributed by atoms with Crippen LogP contribution in [0.15, 0.2) is 273 Å². The van der Waals surface area contributed by atoms with E-state index >= 15 is 0 Å². The summed E-state index contributed by atoms with van der Waals surface area (Å²) in [5, 5.41) is 17.0. The lowest BCUT2D eigenvalue weighted by molar-refractivity contribution is 0.660. The van der Waals surface area contributed by atoms with Crippen molar-refractivity contribution in [3.05, 3.63) is 284 Å². The molecule has 14 aromatic carbocycles. The number of nitrogens with zero attached hydrogens (tertiary/aromatic N) is 5. The number of hydrogen-bond donors (Lipinski definition) is 0. The van der Waals surface area contributed by atoms with Gasteiger partial charge in [0.1, 0.15) is 0 Å². The van der Waals surface area contributed by atoms with Crippen LogP contribution >= 0.6 is 11.3 Å². The van der Waals surface area contributed by atoms with E-state index in [1.165, 1.54) is 96.3 Å². The number of aromatic nitrogens is 4. The number of thiophene rings is 1. The van der Waals surface area contributed by atoms with Crippen LogP contribution in [0.3, 0.4) is 0 Å². The topological polar surface area (TPSA) is 46.8 Å². The zero-order valence-electron chi connectivity index (χ0n) is 47.1. The normalized spacial score (nSPS) is 12.9. The summed E-state index contributed by atoms with van der Waals surface area (Å²) in [5.41, 5.74) is 14.4. The number of benzene rings is 14. The summed E-state index contributed by atoms with van der Waals surface area (Å²) >= 11 is 1.87. The smallest absolute Gasteiger partial charge is 0.238 e. The number of rotatable bonds is 7. The van der Waals surface area contributed by atoms with Crippen LogP contribution in [0.25, 0.3) is 147 Å². The number of fused-ring (bicyclic) bond motifs is 17. The zero-order valence-corrected chi connectivity index (χ0v) is 47.9. The second-order valence-electron chi connectivity index (χ2n) is 23.5. The van der Waals surface area contributed by atoms with Crippen molar-refractivity contribution >= 4 is 124 Å². The van der Waals surface area contributed by atoms with Gasteiger partial charge in [0.05, 0.1) is 16.7 Å². The first-order chi connectivity index (χ1) is 42.4. The Kier molecular flexibility index (Phi) is 10.5. The van der Waals surface area contributed by atoms with E-state index in [9.17, 15) is 0 Å². The largest absolute Gasteiger partial charge is 0.309 e. The van der Waals surface area contributed by atoms with Crippen molar-refractivity contribution in [3.8, 4) is 51.0 Å². The predicted octanol–water partition coefficient (Wildman–Crippen LogP) is 21.9. The molecule has 0 saturated heterocycles. The van der Waals surface area contributed by atoms with Crippen LogP contribution in [0, 0.1) is 0 Å².